The number of halogens is 1. The number of likely N-dealkylation sites (N-methyl/N-ethyl adjacent to an activating group) is 1. The summed E-state index contributed by atoms with van der Waals surface area (Å²) in [7, 11) is 0. The molecule has 0 radical (unpaired) electrons. The molecular formula is C18H17ClN4O2. The fraction of sp³-hybridized carbons (Fsp3) is 0.222. The Bertz CT molecular complexity index is 970. The molecule has 6 nitrogen and oxygen atoms in total. The number of benzene rings is 2. The third-order valence-corrected chi connectivity index (χ3v) is 4.15. The van der Waals surface area contributed by atoms with Crippen molar-refractivity contribution in [3.05, 3.63) is 69.5 Å². The molecule has 3 aromatic rings. The Hall–Kier alpha value is -2.73. The van der Waals surface area contributed by atoms with Crippen LogP contribution in [-0.4, -0.2) is 32.3 Å². The van der Waals surface area contributed by atoms with E-state index in [1.165, 1.54) is 0 Å². The van der Waals surface area contributed by atoms with E-state index in [9.17, 15) is 9.59 Å². The second kappa shape index (κ2) is 7.44. The summed E-state index contributed by atoms with van der Waals surface area (Å²) in [6.07, 6.45) is 0. The van der Waals surface area contributed by atoms with Crippen LogP contribution < -0.4 is 5.56 Å². The van der Waals surface area contributed by atoms with Crippen molar-refractivity contribution < 1.29 is 4.79 Å². The molecule has 2 aromatic carbocycles. The highest BCUT2D eigenvalue weighted by molar-refractivity contribution is 6.30. The van der Waals surface area contributed by atoms with Crippen molar-refractivity contribution in [2.24, 2.45) is 0 Å². The highest BCUT2D eigenvalue weighted by Crippen LogP contribution is 2.13. The molecule has 0 unspecified atom stereocenters. The van der Waals surface area contributed by atoms with Crippen LogP contribution in [0.5, 0.6) is 0 Å². The number of fused-ring (bicyclic) bond motifs is 1. The maximum Gasteiger partial charge on any atom is 0.278 e. The molecule has 1 amide bonds. The summed E-state index contributed by atoms with van der Waals surface area (Å²) in [5.41, 5.74) is 1.12. The molecule has 7 heteroatoms. The monoisotopic (exact) mass is 356 g/mol. The number of carbonyl (C=O) groups excluding carboxylic acids is 1. The summed E-state index contributed by atoms with van der Waals surface area (Å²) in [5.74, 6) is -0.200. The van der Waals surface area contributed by atoms with Crippen LogP contribution in [0.25, 0.3) is 10.9 Å². The molecule has 0 spiro atoms. The first-order chi connectivity index (χ1) is 12.1. The Balaban J connectivity index is 1.80. The number of aromatic nitrogens is 3. The minimum Gasteiger partial charge on any atom is -0.337 e. The van der Waals surface area contributed by atoms with Crippen LogP contribution in [0.4, 0.5) is 0 Å². The van der Waals surface area contributed by atoms with E-state index in [1.54, 1.807) is 35.2 Å². The van der Waals surface area contributed by atoms with Crippen molar-refractivity contribution in [1.82, 2.24) is 19.9 Å². The SMILES string of the molecule is CCN(Cc1cccc(Cl)c1)C(=O)Cn1nnc2ccccc2c1=O. The Morgan fingerprint density at radius 2 is 2.00 bits per heavy atom. The highest BCUT2D eigenvalue weighted by atomic mass is 35.5. The first kappa shape index (κ1) is 17.1. The second-order valence-corrected chi connectivity index (χ2v) is 6.04. The molecule has 0 atom stereocenters. The van der Waals surface area contributed by atoms with E-state index in [2.05, 4.69) is 10.3 Å². The van der Waals surface area contributed by atoms with Crippen molar-refractivity contribution in [3.8, 4) is 0 Å². The summed E-state index contributed by atoms with van der Waals surface area (Å²) in [6.45, 7) is 2.68. The molecule has 0 fully saturated rings. The van der Waals surface area contributed by atoms with Gasteiger partial charge in [0.15, 0.2) is 0 Å². The van der Waals surface area contributed by atoms with Gasteiger partial charge in [-0.2, -0.15) is 0 Å². The van der Waals surface area contributed by atoms with Crippen LogP contribution in [0.1, 0.15) is 12.5 Å². The van der Waals surface area contributed by atoms with Crippen LogP contribution >= 0.6 is 11.6 Å². The maximum absolute atomic E-state index is 12.6. The molecule has 3 rings (SSSR count). The van der Waals surface area contributed by atoms with Crippen molar-refractivity contribution in [2.75, 3.05) is 6.54 Å². The zero-order valence-electron chi connectivity index (χ0n) is 13.7. The van der Waals surface area contributed by atoms with Crippen molar-refractivity contribution in [2.45, 2.75) is 20.0 Å². The number of carbonyl (C=O) groups is 1. The average molecular weight is 357 g/mol. The van der Waals surface area contributed by atoms with Gasteiger partial charge in [0.05, 0.1) is 5.39 Å². The van der Waals surface area contributed by atoms with E-state index in [0.29, 0.717) is 29.0 Å². The quantitative estimate of drug-likeness (QED) is 0.704. The van der Waals surface area contributed by atoms with Crippen LogP contribution in [0.15, 0.2) is 53.3 Å². The van der Waals surface area contributed by atoms with E-state index < -0.39 is 0 Å². The second-order valence-electron chi connectivity index (χ2n) is 5.61. The summed E-state index contributed by atoms with van der Waals surface area (Å²) in [4.78, 5) is 26.7. The molecule has 25 heavy (non-hydrogen) atoms. The van der Waals surface area contributed by atoms with Gasteiger partial charge in [0.1, 0.15) is 12.1 Å². The number of hydrogen-bond donors (Lipinski definition) is 0. The van der Waals surface area contributed by atoms with E-state index in [4.69, 9.17) is 11.6 Å². The lowest BCUT2D eigenvalue weighted by molar-refractivity contribution is -0.132. The predicted octanol–water partition coefficient (Wildman–Crippen LogP) is 2.49. The number of nitrogens with zero attached hydrogens (tertiary/aromatic N) is 4. The molecule has 1 aromatic heterocycles. The van der Waals surface area contributed by atoms with Crippen molar-refractivity contribution >= 4 is 28.4 Å². The zero-order valence-corrected chi connectivity index (χ0v) is 14.5. The maximum atomic E-state index is 12.6. The molecular weight excluding hydrogens is 340 g/mol. The van der Waals surface area contributed by atoms with Crippen LogP contribution in [0, 0.1) is 0 Å². The number of hydrogen-bond acceptors (Lipinski definition) is 4. The van der Waals surface area contributed by atoms with Crippen molar-refractivity contribution in [1.29, 1.82) is 0 Å². The van der Waals surface area contributed by atoms with Crippen molar-refractivity contribution in [3.63, 3.8) is 0 Å². The Kier molecular flexibility index (Phi) is 5.09. The zero-order chi connectivity index (χ0) is 17.8. The topological polar surface area (TPSA) is 68.1 Å². The largest absolute Gasteiger partial charge is 0.337 e. The van der Waals surface area contributed by atoms with Gasteiger partial charge in [-0.25, -0.2) is 4.68 Å². The first-order valence-corrected chi connectivity index (χ1v) is 8.31. The van der Waals surface area contributed by atoms with Gasteiger partial charge in [-0.1, -0.05) is 41.1 Å². The van der Waals surface area contributed by atoms with Gasteiger partial charge in [-0.05, 0) is 36.8 Å². The summed E-state index contributed by atoms with van der Waals surface area (Å²) < 4.78 is 1.10. The van der Waals surface area contributed by atoms with Gasteiger partial charge >= 0.3 is 0 Å². The smallest absolute Gasteiger partial charge is 0.278 e. The Morgan fingerprint density at radius 3 is 2.76 bits per heavy atom. The fourth-order valence-electron chi connectivity index (χ4n) is 2.59. The summed E-state index contributed by atoms with van der Waals surface area (Å²) >= 11 is 5.99. The lowest BCUT2D eigenvalue weighted by atomic mass is 10.2. The lowest BCUT2D eigenvalue weighted by Crippen LogP contribution is -2.37. The Morgan fingerprint density at radius 1 is 1.20 bits per heavy atom. The number of amides is 1. The van der Waals surface area contributed by atoms with Gasteiger partial charge < -0.3 is 4.90 Å². The van der Waals surface area contributed by atoms with Gasteiger partial charge in [0.25, 0.3) is 5.56 Å². The molecule has 0 bridgehead atoms. The third-order valence-electron chi connectivity index (χ3n) is 3.91. The molecule has 0 saturated carbocycles. The molecule has 0 N–H and O–H groups in total. The molecule has 0 aliphatic carbocycles. The summed E-state index contributed by atoms with van der Waals surface area (Å²) in [5, 5.41) is 8.94. The summed E-state index contributed by atoms with van der Waals surface area (Å²) in [6, 6.07) is 14.3. The van der Waals surface area contributed by atoms with Gasteiger partial charge in [0.2, 0.25) is 5.91 Å². The lowest BCUT2D eigenvalue weighted by Gasteiger charge is -2.21. The highest BCUT2D eigenvalue weighted by Gasteiger charge is 2.15. The molecule has 0 aliphatic heterocycles. The molecule has 0 saturated heterocycles. The minimum absolute atomic E-state index is 0.148. The first-order valence-electron chi connectivity index (χ1n) is 7.93. The minimum atomic E-state index is -0.322. The Labute approximate surface area is 149 Å². The third kappa shape index (κ3) is 3.85. The van der Waals surface area contributed by atoms with E-state index in [1.807, 2.05) is 25.1 Å². The molecule has 0 aliphatic rings. The van der Waals surface area contributed by atoms with Crippen LogP contribution in [0.2, 0.25) is 5.02 Å². The van der Waals surface area contributed by atoms with Gasteiger partial charge in [0, 0.05) is 18.1 Å². The van der Waals surface area contributed by atoms with Crippen LogP contribution in [-0.2, 0) is 17.9 Å². The molecule has 128 valence electrons. The average Bonchev–Trinajstić information content (AvgIpc) is 2.62. The predicted molar refractivity (Wildman–Crippen MR) is 96.3 cm³/mol. The number of rotatable bonds is 5. The molecule has 1 heterocycles. The van der Waals surface area contributed by atoms with E-state index in [-0.39, 0.29) is 18.0 Å². The van der Waals surface area contributed by atoms with Crippen LogP contribution in [0.3, 0.4) is 0 Å². The normalized spacial score (nSPS) is 10.8. The van der Waals surface area contributed by atoms with Gasteiger partial charge in [-0.3, -0.25) is 9.59 Å². The van der Waals surface area contributed by atoms with E-state index in [0.717, 1.165) is 10.2 Å². The fourth-order valence-corrected chi connectivity index (χ4v) is 2.80. The van der Waals surface area contributed by atoms with E-state index >= 15 is 0 Å². The standard InChI is InChI=1S/C18H17ClN4O2/c1-2-22(11-13-6-5-7-14(19)10-13)17(24)12-23-18(25)15-8-3-4-9-16(15)20-21-23/h3-10H,2,11-12H2,1H3. The van der Waals surface area contributed by atoms with Gasteiger partial charge in [-0.15, -0.1) is 5.10 Å².